The van der Waals surface area contributed by atoms with Gasteiger partial charge in [0.15, 0.2) is 5.78 Å². The van der Waals surface area contributed by atoms with Crippen LogP contribution in [0, 0.1) is 0 Å². The summed E-state index contributed by atoms with van der Waals surface area (Å²) in [7, 11) is 1.66. The number of ketones is 1. The van der Waals surface area contributed by atoms with Crippen molar-refractivity contribution in [3.8, 4) is 5.75 Å². The largest absolute Gasteiger partial charge is 0.496 e. The Labute approximate surface area is 147 Å². The number of aliphatic imine (C=N–C) groups is 1. The van der Waals surface area contributed by atoms with Crippen molar-refractivity contribution in [2.45, 2.75) is 6.92 Å². The number of ether oxygens (including phenoxy) is 2. The molecule has 0 unspecified atom stereocenters. The van der Waals surface area contributed by atoms with Crippen molar-refractivity contribution in [3.63, 3.8) is 0 Å². The minimum atomic E-state index is 0.0518. The van der Waals surface area contributed by atoms with E-state index in [9.17, 15) is 4.79 Å². The predicted molar refractivity (Wildman–Crippen MR) is 99.7 cm³/mol. The van der Waals surface area contributed by atoms with Crippen LogP contribution in [0.25, 0.3) is 0 Å². The maximum atomic E-state index is 11.3. The Hall–Kier alpha value is -2.66. The Bertz CT molecular complexity index is 763. The van der Waals surface area contributed by atoms with E-state index in [0.717, 1.165) is 49.0 Å². The number of Topliss-reactive ketones (excluding diaryl/α,β-unsaturated/α-hetero) is 1. The SMILES string of the molecule is COc1cc(N2CCOCC2)ccc1C=Nc1ccc(C(C)=O)cc1. The Morgan fingerprint density at radius 1 is 1.16 bits per heavy atom. The molecule has 0 radical (unpaired) electrons. The van der Waals surface area contributed by atoms with E-state index in [1.54, 1.807) is 32.4 Å². The lowest BCUT2D eigenvalue weighted by molar-refractivity contribution is 0.101. The molecule has 130 valence electrons. The van der Waals surface area contributed by atoms with E-state index in [2.05, 4.69) is 16.0 Å². The van der Waals surface area contributed by atoms with Crippen LogP contribution < -0.4 is 9.64 Å². The third-order valence-corrected chi connectivity index (χ3v) is 4.22. The summed E-state index contributed by atoms with van der Waals surface area (Å²) >= 11 is 0. The van der Waals surface area contributed by atoms with Crippen LogP contribution in [0.15, 0.2) is 47.5 Å². The summed E-state index contributed by atoms with van der Waals surface area (Å²) in [5.74, 6) is 0.837. The molecule has 0 amide bonds. The second kappa shape index (κ2) is 7.94. The fourth-order valence-corrected chi connectivity index (χ4v) is 2.75. The minimum absolute atomic E-state index is 0.0518. The number of carbonyl (C=O) groups is 1. The third kappa shape index (κ3) is 4.25. The smallest absolute Gasteiger partial charge is 0.159 e. The number of carbonyl (C=O) groups excluding carboxylic acids is 1. The molecule has 0 spiro atoms. The van der Waals surface area contributed by atoms with Gasteiger partial charge in [-0.1, -0.05) is 0 Å². The van der Waals surface area contributed by atoms with Crippen LogP contribution in [0.5, 0.6) is 5.75 Å². The van der Waals surface area contributed by atoms with Crippen molar-refractivity contribution in [2.24, 2.45) is 4.99 Å². The molecule has 5 nitrogen and oxygen atoms in total. The molecule has 3 rings (SSSR count). The highest BCUT2D eigenvalue weighted by Crippen LogP contribution is 2.26. The molecule has 1 aliphatic heterocycles. The standard InChI is InChI=1S/C20H22N2O3/c1-15(23)16-3-6-18(7-4-16)21-14-17-5-8-19(13-20(17)24-2)22-9-11-25-12-10-22/h3-8,13-14H,9-12H2,1-2H3. The van der Waals surface area contributed by atoms with Crippen molar-refractivity contribution in [2.75, 3.05) is 38.3 Å². The van der Waals surface area contributed by atoms with Gasteiger partial charge >= 0.3 is 0 Å². The summed E-state index contributed by atoms with van der Waals surface area (Å²) in [6.45, 7) is 4.83. The molecule has 1 saturated heterocycles. The second-order valence-electron chi connectivity index (χ2n) is 5.89. The molecule has 0 aliphatic carbocycles. The summed E-state index contributed by atoms with van der Waals surface area (Å²) in [5.41, 5.74) is 3.52. The number of hydrogen-bond acceptors (Lipinski definition) is 5. The van der Waals surface area contributed by atoms with Gasteiger partial charge in [0, 0.05) is 42.2 Å². The summed E-state index contributed by atoms with van der Waals surface area (Å²) < 4.78 is 10.9. The molecule has 5 heteroatoms. The number of nitrogens with zero attached hydrogens (tertiary/aromatic N) is 2. The van der Waals surface area contributed by atoms with E-state index >= 15 is 0 Å². The van der Waals surface area contributed by atoms with Gasteiger partial charge in [0.2, 0.25) is 0 Å². The van der Waals surface area contributed by atoms with Gasteiger partial charge in [0.25, 0.3) is 0 Å². The van der Waals surface area contributed by atoms with Gasteiger partial charge in [-0.3, -0.25) is 9.79 Å². The van der Waals surface area contributed by atoms with Crippen LogP contribution in [-0.2, 0) is 4.74 Å². The maximum Gasteiger partial charge on any atom is 0.159 e. The Morgan fingerprint density at radius 2 is 1.88 bits per heavy atom. The normalized spacial score (nSPS) is 14.7. The molecule has 0 N–H and O–H groups in total. The fourth-order valence-electron chi connectivity index (χ4n) is 2.75. The molecule has 0 atom stereocenters. The van der Waals surface area contributed by atoms with Crippen LogP contribution in [-0.4, -0.2) is 45.4 Å². The maximum absolute atomic E-state index is 11.3. The van der Waals surface area contributed by atoms with Gasteiger partial charge in [0.05, 0.1) is 26.0 Å². The highest BCUT2D eigenvalue weighted by Gasteiger charge is 2.13. The zero-order valence-electron chi connectivity index (χ0n) is 14.6. The van der Waals surface area contributed by atoms with Gasteiger partial charge in [-0.2, -0.15) is 0 Å². The van der Waals surface area contributed by atoms with Crippen LogP contribution in [0.3, 0.4) is 0 Å². The average Bonchev–Trinajstić information content (AvgIpc) is 2.67. The first-order valence-electron chi connectivity index (χ1n) is 8.33. The number of methoxy groups -OCH3 is 1. The minimum Gasteiger partial charge on any atom is -0.496 e. The molecule has 0 saturated carbocycles. The summed E-state index contributed by atoms with van der Waals surface area (Å²) in [6, 6.07) is 13.4. The van der Waals surface area contributed by atoms with Crippen molar-refractivity contribution in [1.82, 2.24) is 0 Å². The molecule has 1 heterocycles. The van der Waals surface area contributed by atoms with Crippen LogP contribution >= 0.6 is 0 Å². The first kappa shape index (κ1) is 17.2. The Balaban J connectivity index is 1.78. The molecule has 2 aromatic rings. The van der Waals surface area contributed by atoms with Crippen molar-refractivity contribution < 1.29 is 14.3 Å². The van der Waals surface area contributed by atoms with E-state index in [-0.39, 0.29) is 5.78 Å². The van der Waals surface area contributed by atoms with Gasteiger partial charge in [0.1, 0.15) is 5.75 Å². The van der Waals surface area contributed by atoms with E-state index in [4.69, 9.17) is 9.47 Å². The Kier molecular flexibility index (Phi) is 5.46. The number of anilines is 1. The lowest BCUT2D eigenvalue weighted by Gasteiger charge is -2.29. The fraction of sp³-hybridized carbons (Fsp3) is 0.300. The van der Waals surface area contributed by atoms with E-state index in [0.29, 0.717) is 5.56 Å². The quantitative estimate of drug-likeness (QED) is 0.619. The van der Waals surface area contributed by atoms with Gasteiger partial charge in [-0.25, -0.2) is 0 Å². The predicted octanol–water partition coefficient (Wildman–Crippen LogP) is 3.49. The molecule has 0 aromatic heterocycles. The van der Waals surface area contributed by atoms with E-state index in [1.165, 1.54) is 0 Å². The first-order chi connectivity index (χ1) is 12.2. The molecule has 1 aliphatic rings. The number of benzene rings is 2. The van der Waals surface area contributed by atoms with Crippen molar-refractivity contribution in [3.05, 3.63) is 53.6 Å². The van der Waals surface area contributed by atoms with Crippen LogP contribution in [0.1, 0.15) is 22.8 Å². The molecular weight excluding hydrogens is 316 g/mol. The molecule has 25 heavy (non-hydrogen) atoms. The number of hydrogen-bond donors (Lipinski definition) is 0. The lowest BCUT2D eigenvalue weighted by Crippen LogP contribution is -2.36. The summed E-state index contributed by atoms with van der Waals surface area (Å²) in [4.78, 5) is 18.1. The number of rotatable bonds is 5. The lowest BCUT2D eigenvalue weighted by atomic mass is 10.1. The van der Waals surface area contributed by atoms with Crippen LogP contribution in [0.4, 0.5) is 11.4 Å². The monoisotopic (exact) mass is 338 g/mol. The molecule has 1 fully saturated rings. The summed E-state index contributed by atoms with van der Waals surface area (Å²) in [6.07, 6.45) is 1.78. The second-order valence-corrected chi connectivity index (χ2v) is 5.89. The van der Waals surface area contributed by atoms with Crippen LogP contribution in [0.2, 0.25) is 0 Å². The van der Waals surface area contributed by atoms with Crippen molar-refractivity contribution in [1.29, 1.82) is 0 Å². The van der Waals surface area contributed by atoms with E-state index in [1.807, 2.05) is 24.3 Å². The molecule has 2 aromatic carbocycles. The van der Waals surface area contributed by atoms with Gasteiger partial charge in [-0.15, -0.1) is 0 Å². The average molecular weight is 338 g/mol. The van der Waals surface area contributed by atoms with E-state index < -0.39 is 0 Å². The topological polar surface area (TPSA) is 51.1 Å². The molecule has 0 bridgehead atoms. The highest BCUT2D eigenvalue weighted by molar-refractivity contribution is 5.94. The summed E-state index contributed by atoms with van der Waals surface area (Å²) in [5, 5.41) is 0. The first-order valence-corrected chi connectivity index (χ1v) is 8.33. The Morgan fingerprint density at radius 3 is 2.52 bits per heavy atom. The number of morpholine rings is 1. The van der Waals surface area contributed by atoms with Gasteiger partial charge < -0.3 is 14.4 Å². The third-order valence-electron chi connectivity index (χ3n) is 4.22. The van der Waals surface area contributed by atoms with Gasteiger partial charge in [-0.05, 0) is 43.3 Å². The van der Waals surface area contributed by atoms with Crippen molar-refractivity contribution >= 4 is 23.4 Å². The molecular formula is C20H22N2O3. The zero-order chi connectivity index (χ0) is 17.6. The highest BCUT2D eigenvalue weighted by atomic mass is 16.5. The zero-order valence-corrected chi connectivity index (χ0v) is 14.6.